The number of hydrogen-bond acceptors (Lipinski definition) is 15. The van der Waals surface area contributed by atoms with Crippen LogP contribution in [0.4, 0.5) is 14.6 Å². The van der Waals surface area contributed by atoms with Gasteiger partial charge in [-0.25, -0.2) is 13.8 Å². The van der Waals surface area contributed by atoms with Crippen molar-refractivity contribution in [3.8, 4) is 45.8 Å². The van der Waals surface area contributed by atoms with E-state index >= 15 is 8.78 Å². The molecule has 7 heterocycles. The number of carbonyl (C=O) groups excluding carboxylic acids is 3. The number of nitrogens with zero attached hydrogens (tertiary/aromatic N) is 7. The van der Waals surface area contributed by atoms with E-state index < -0.39 is 47.1 Å². The number of hydrogen-bond donors (Lipinski definition) is 5. The van der Waals surface area contributed by atoms with Gasteiger partial charge in [0.1, 0.15) is 47.3 Å². The quantitative estimate of drug-likeness (QED) is 0.0606. The summed E-state index contributed by atoms with van der Waals surface area (Å²) in [7, 11) is 0. The van der Waals surface area contributed by atoms with Crippen LogP contribution in [0.15, 0.2) is 60.2 Å². The molecule has 0 spiro atoms. The highest BCUT2D eigenvalue weighted by molar-refractivity contribution is 7.13. The molecule has 1 saturated carbocycles. The van der Waals surface area contributed by atoms with Crippen molar-refractivity contribution in [1.82, 2.24) is 45.7 Å². The zero-order valence-corrected chi connectivity index (χ0v) is 45.8. The van der Waals surface area contributed by atoms with E-state index in [0.29, 0.717) is 42.9 Å². The molecule has 20 heteroatoms. The molecule has 5 aliphatic rings. The highest BCUT2D eigenvalue weighted by Gasteiger charge is 2.48. The smallest absolute Gasteiger partial charge is 0.319 e. The van der Waals surface area contributed by atoms with Crippen LogP contribution in [0.25, 0.3) is 43.4 Å². The lowest BCUT2D eigenvalue weighted by Crippen LogP contribution is -2.58. The lowest BCUT2D eigenvalue weighted by Gasteiger charge is -2.41. The van der Waals surface area contributed by atoms with E-state index in [0.717, 1.165) is 67.0 Å². The number of aromatic hydroxyl groups is 1. The van der Waals surface area contributed by atoms with Crippen molar-refractivity contribution in [2.45, 2.75) is 103 Å². The van der Waals surface area contributed by atoms with Crippen molar-refractivity contribution in [3.63, 3.8) is 0 Å². The Kier molecular flexibility index (Phi) is 14.8. The summed E-state index contributed by atoms with van der Waals surface area (Å²) in [5, 5.41) is 32.1. The lowest BCUT2D eigenvalue weighted by molar-refractivity contribution is -0.145. The van der Waals surface area contributed by atoms with E-state index in [1.165, 1.54) is 35.4 Å². The molecular formula is C59H66F2N10O7S. The summed E-state index contributed by atoms with van der Waals surface area (Å²) in [4.78, 5) is 66.9. The summed E-state index contributed by atoms with van der Waals surface area (Å²) in [6.07, 6.45) is 10.4. The average Bonchev–Trinajstić information content (AvgIpc) is 3.83. The fourth-order valence-electron chi connectivity index (χ4n) is 11.9. The number of phenols is 1. The van der Waals surface area contributed by atoms with Gasteiger partial charge in [-0.1, -0.05) is 57.0 Å². The van der Waals surface area contributed by atoms with Crippen LogP contribution in [-0.4, -0.2) is 147 Å². The molecule has 79 heavy (non-hydrogen) atoms. The van der Waals surface area contributed by atoms with Gasteiger partial charge < -0.3 is 50.3 Å². The van der Waals surface area contributed by atoms with Crippen molar-refractivity contribution in [1.29, 1.82) is 0 Å². The van der Waals surface area contributed by atoms with Crippen LogP contribution < -0.4 is 25.6 Å². The third-order valence-electron chi connectivity index (χ3n) is 16.3. The number of terminal acetylenes is 1. The molecule has 5 fully saturated rings. The van der Waals surface area contributed by atoms with Crippen LogP contribution in [0, 0.1) is 47.6 Å². The maximum absolute atomic E-state index is 17.1. The number of pyridine rings is 1. The van der Waals surface area contributed by atoms with E-state index in [9.17, 15) is 24.6 Å². The first-order valence-corrected chi connectivity index (χ1v) is 28.0. The highest BCUT2D eigenvalue weighted by Crippen LogP contribution is 2.48. The second-order valence-electron chi connectivity index (χ2n) is 23.5. The number of nitrogens with one attached hydrogen (secondary N) is 3. The summed E-state index contributed by atoms with van der Waals surface area (Å²) >= 11 is 1.57. The van der Waals surface area contributed by atoms with Crippen LogP contribution in [0.5, 0.6) is 11.8 Å². The number of fused-ring (bicyclic) bond motifs is 4. The predicted octanol–water partition coefficient (Wildman–Crippen LogP) is 6.66. The second-order valence-corrected chi connectivity index (χ2v) is 24.3. The molecule has 4 saturated heterocycles. The van der Waals surface area contributed by atoms with Crippen LogP contribution in [0.2, 0.25) is 0 Å². The van der Waals surface area contributed by atoms with E-state index in [2.05, 4.69) is 46.6 Å². The number of carbonyl (C=O) groups is 3. The highest BCUT2D eigenvalue weighted by atomic mass is 32.1. The minimum Gasteiger partial charge on any atom is -0.508 e. The third kappa shape index (κ3) is 11.2. The summed E-state index contributed by atoms with van der Waals surface area (Å²) in [6, 6.07) is 11.7. The first-order chi connectivity index (χ1) is 37.8. The number of β-amino-alcohol motifs (C(OH)–C–C–N with tert-alkyl or cyclic N) is 1. The van der Waals surface area contributed by atoms with Gasteiger partial charge in [-0.05, 0) is 79.7 Å². The maximum atomic E-state index is 17.1. The number of aryl methyl sites for hydroxylation is 1. The van der Waals surface area contributed by atoms with Crippen molar-refractivity contribution in [2.75, 3.05) is 64.0 Å². The van der Waals surface area contributed by atoms with E-state index in [4.69, 9.17) is 20.9 Å². The van der Waals surface area contributed by atoms with Gasteiger partial charge in [0.05, 0.1) is 52.4 Å². The van der Waals surface area contributed by atoms with Crippen molar-refractivity contribution < 1.29 is 42.9 Å². The van der Waals surface area contributed by atoms with Gasteiger partial charge in [0.2, 0.25) is 17.7 Å². The molecule has 3 aromatic heterocycles. The number of thiazole rings is 1. The molecule has 1 aliphatic carbocycles. The Hall–Kier alpha value is -6.89. The second kappa shape index (κ2) is 21.6. The number of benzene rings is 3. The molecule has 4 aliphatic heterocycles. The minimum absolute atomic E-state index is 0.0117. The van der Waals surface area contributed by atoms with Gasteiger partial charge in [0.15, 0.2) is 5.82 Å². The number of aliphatic hydroxyl groups excluding tert-OH is 1. The van der Waals surface area contributed by atoms with Gasteiger partial charge in [-0.15, -0.1) is 17.8 Å². The number of aliphatic hydroxyl groups is 1. The van der Waals surface area contributed by atoms with Gasteiger partial charge >= 0.3 is 6.01 Å². The van der Waals surface area contributed by atoms with Gasteiger partial charge in [-0.2, -0.15) is 9.97 Å². The number of rotatable bonds is 17. The molecule has 6 aromatic rings. The Morgan fingerprint density at radius 2 is 1.75 bits per heavy atom. The monoisotopic (exact) mass is 1100 g/mol. The standard InChI is InChI=1S/C59H66F2N10O7S/c1-7-42-45(60)15-12-37-18-40(72)19-43(48(37)42)50-49(61)51-44(21-62-50)54(70-24-38-13-14-39(25-70)65-38)68-57(67-51)78-30-59(16-17-59)29-69-22-34(23-69)27-77-28-47(74)66-53(58(4,5)6)56(76)71-26-41(73)20-46(71)55(75)64-32(2)35-8-10-36(11-9-35)52-33(3)63-31-79-52/h1,8-12,15,18-19,21,31-32,34,38-39,41,46,53,65,72-73H,13-14,16-17,20,22-30H2,2-6H3,(H,64,75)(H,66,74)/t32-,38?,39?,41+,46-,53-/m0/s1. The first-order valence-electron chi connectivity index (χ1n) is 27.1. The number of anilines is 1. The average molecular weight is 1100 g/mol. The maximum Gasteiger partial charge on any atom is 0.319 e. The van der Waals surface area contributed by atoms with Gasteiger partial charge in [-0.3, -0.25) is 19.4 Å². The number of piperazine rings is 1. The summed E-state index contributed by atoms with van der Waals surface area (Å²) in [5.74, 6) is 0.221. The molecule has 414 valence electrons. The Balaban J connectivity index is 0.693. The minimum atomic E-state index is -0.988. The Morgan fingerprint density at radius 1 is 1.00 bits per heavy atom. The number of phenolic OH excluding ortho intramolecular Hbond substituents is 1. The van der Waals surface area contributed by atoms with E-state index in [1.807, 2.05) is 64.4 Å². The molecule has 11 rings (SSSR count). The molecular weight excluding hydrogens is 1030 g/mol. The topological polar surface area (TPSA) is 208 Å². The Morgan fingerprint density at radius 3 is 2.43 bits per heavy atom. The molecule has 6 atom stereocenters. The third-order valence-corrected chi connectivity index (χ3v) is 17.3. The fourth-order valence-corrected chi connectivity index (χ4v) is 12.7. The number of likely N-dealkylation sites (tertiary alicyclic amines) is 2. The molecule has 0 radical (unpaired) electrons. The van der Waals surface area contributed by atoms with Crippen LogP contribution in [-0.2, 0) is 19.1 Å². The molecule has 17 nitrogen and oxygen atoms in total. The Bertz CT molecular complexity index is 3360. The summed E-state index contributed by atoms with van der Waals surface area (Å²) in [6.45, 7) is 13.3. The van der Waals surface area contributed by atoms with Crippen molar-refractivity contribution in [2.24, 2.45) is 16.7 Å². The van der Waals surface area contributed by atoms with Crippen LogP contribution in [0.1, 0.15) is 82.7 Å². The normalized spacial score (nSPS) is 21.7. The first kappa shape index (κ1) is 54.1. The van der Waals surface area contributed by atoms with Crippen LogP contribution in [0.3, 0.4) is 0 Å². The fraction of sp³-hybridized carbons (Fsp3) is 0.475. The van der Waals surface area contributed by atoms with Crippen LogP contribution >= 0.6 is 11.3 Å². The summed E-state index contributed by atoms with van der Waals surface area (Å²) in [5.41, 5.74) is 3.71. The largest absolute Gasteiger partial charge is 0.508 e. The van der Waals surface area contributed by atoms with Gasteiger partial charge in [0.25, 0.3) is 0 Å². The molecule has 3 amide bonds. The number of aromatic nitrogens is 4. The van der Waals surface area contributed by atoms with E-state index in [1.54, 1.807) is 11.3 Å². The molecule has 5 N–H and O–H groups in total. The molecule has 3 aromatic carbocycles. The number of halogens is 2. The molecule has 2 unspecified atom stereocenters. The number of ether oxygens (including phenoxy) is 2. The van der Waals surface area contributed by atoms with E-state index in [-0.39, 0.29) is 94.4 Å². The van der Waals surface area contributed by atoms with Crippen molar-refractivity contribution in [3.05, 3.63) is 88.7 Å². The zero-order valence-electron chi connectivity index (χ0n) is 45.0. The SMILES string of the molecule is C#Cc1c(F)ccc2cc(O)cc(-c3ncc4c(N5CC6CCC(C5)N6)nc(OCC5(CN6CC(COCC(=O)N[C@@H](C(=O)N7C[C@H](O)C[C@H]7C(=O)N[C@@H](C)c7ccc(-c8scnc8C)cc7)C(C)(C)C)C6)CC5)nc4c3F)c12. The zero-order chi connectivity index (χ0) is 55.5. The summed E-state index contributed by atoms with van der Waals surface area (Å²) < 4.78 is 44.5. The van der Waals surface area contributed by atoms with Gasteiger partial charge in [0, 0.05) is 86.3 Å². The predicted molar refractivity (Wildman–Crippen MR) is 296 cm³/mol. The Labute approximate surface area is 461 Å². The van der Waals surface area contributed by atoms with Crippen molar-refractivity contribution >= 4 is 56.6 Å². The number of amides is 3. The lowest BCUT2D eigenvalue weighted by atomic mass is 9.85. The molecule has 2 bridgehead atoms.